The number of benzene rings is 2. The van der Waals surface area contributed by atoms with Crippen LogP contribution < -0.4 is 10.6 Å². The molecule has 140 valence electrons. The van der Waals surface area contributed by atoms with E-state index in [9.17, 15) is 4.79 Å². The number of carbonyl (C=O) groups is 1. The molecule has 0 aliphatic rings. The number of halogens is 1. The van der Waals surface area contributed by atoms with Crippen LogP contribution in [0.15, 0.2) is 42.5 Å². The van der Waals surface area contributed by atoms with E-state index in [1.807, 2.05) is 49.4 Å². The molecule has 0 atom stereocenters. The molecular formula is C21H22ClN3OS. The molecule has 3 rings (SSSR count). The van der Waals surface area contributed by atoms with Crippen LogP contribution in [0.2, 0.25) is 5.02 Å². The van der Waals surface area contributed by atoms with Crippen molar-refractivity contribution in [1.82, 2.24) is 4.98 Å². The minimum Gasteiger partial charge on any atom is -0.307 e. The number of rotatable bonds is 5. The predicted octanol–water partition coefficient (Wildman–Crippen LogP) is 6.54. The second kappa shape index (κ2) is 8.55. The average molecular weight is 400 g/mol. The number of nitrogens with zero attached hydrogens (tertiary/aromatic N) is 1. The SMILES string of the molecule is CCc1cccc(CC)c1NC(=O)Nc1nc(C)sc1-c1ccccc1Cl. The molecular weight excluding hydrogens is 378 g/mol. The quantitative estimate of drug-likeness (QED) is 0.511. The Kier molecular flexibility index (Phi) is 6.14. The highest BCUT2D eigenvalue weighted by molar-refractivity contribution is 7.15. The first-order chi connectivity index (χ1) is 13.0. The van der Waals surface area contributed by atoms with Crippen LogP contribution in [0.4, 0.5) is 16.3 Å². The first-order valence-corrected chi connectivity index (χ1v) is 10.1. The second-order valence-corrected chi connectivity index (χ2v) is 7.74. The summed E-state index contributed by atoms with van der Waals surface area (Å²) in [7, 11) is 0. The number of urea groups is 1. The average Bonchev–Trinajstić information content (AvgIpc) is 3.02. The van der Waals surface area contributed by atoms with E-state index in [0.29, 0.717) is 10.8 Å². The van der Waals surface area contributed by atoms with Crippen molar-refractivity contribution >= 4 is 40.5 Å². The molecule has 0 spiro atoms. The summed E-state index contributed by atoms with van der Waals surface area (Å²) >= 11 is 7.84. The van der Waals surface area contributed by atoms with Crippen LogP contribution in [0, 0.1) is 6.92 Å². The van der Waals surface area contributed by atoms with Gasteiger partial charge in [-0.3, -0.25) is 5.32 Å². The summed E-state index contributed by atoms with van der Waals surface area (Å²) in [6, 6.07) is 13.4. The number of aromatic nitrogens is 1. The van der Waals surface area contributed by atoms with Gasteiger partial charge in [-0.2, -0.15) is 0 Å². The monoisotopic (exact) mass is 399 g/mol. The van der Waals surface area contributed by atoms with Gasteiger partial charge in [-0.15, -0.1) is 11.3 Å². The lowest BCUT2D eigenvalue weighted by atomic mass is 10.0. The van der Waals surface area contributed by atoms with Gasteiger partial charge >= 0.3 is 6.03 Å². The zero-order valence-electron chi connectivity index (χ0n) is 15.6. The fourth-order valence-electron chi connectivity index (χ4n) is 3.00. The van der Waals surface area contributed by atoms with Crippen LogP contribution in [-0.2, 0) is 12.8 Å². The first kappa shape index (κ1) is 19.4. The largest absolute Gasteiger partial charge is 0.324 e. The van der Waals surface area contributed by atoms with E-state index in [1.165, 1.54) is 11.3 Å². The number of amides is 2. The van der Waals surface area contributed by atoms with Crippen LogP contribution in [0.3, 0.4) is 0 Å². The van der Waals surface area contributed by atoms with Crippen molar-refractivity contribution in [2.75, 3.05) is 10.6 Å². The van der Waals surface area contributed by atoms with Crippen molar-refractivity contribution in [1.29, 1.82) is 0 Å². The Morgan fingerprint density at radius 3 is 2.33 bits per heavy atom. The second-order valence-electron chi connectivity index (χ2n) is 6.13. The number of anilines is 2. The summed E-state index contributed by atoms with van der Waals surface area (Å²) in [5.74, 6) is 0.523. The third kappa shape index (κ3) is 4.31. The lowest BCUT2D eigenvalue weighted by Gasteiger charge is -2.15. The number of para-hydroxylation sites is 1. The van der Waals surface area contributed by atoms with Crippen LogP contribution in [0.5, 0.6) is 0 Å². The predicted molar refractivity (Wildman–Crippen MR) is 115 cm³/mol. The Morgan fingerprint density at radius 1 is 1.04 bits per heavy atom. The maximum absolute atomic E-state index is 12.7. The van der Waals surface area contributed by atoms with Crippen molar-refractivity contribution in [2.24, 2.45) is 0 Å². The van der Waals surface area contributed by atoms with Crippen LogP contribution in [-0.4, -0.2) is 11.0 Å². The molecule has 3 aromatic rings. The Balaban J connectivity index is 1.88. The van der Waals surface area contributed by atoms with Gasteiger partial charge in [0.15, 0.2) is 5.82 Å². The van der Waals surface area contributed by atoms with Gasteiger partial charge in [0.1, 0.15) is 0 Å². The fraction of sp³-hybridized carbons (Fsp3) is 0.238. The highest BCUT2D eigenvalue weighted by Crippen LogP contribution is 2.37. The van der Waals surface area contributed by atoms with Gasteiger partial charge in [-0.1, -0.05) is 61.8 Å². The molecule has 0 radical (unpaired) electrons. The third-order valence-electron chi connectivity index (χ3n) is 4.32. The highest BCUT2D eigenvalue weighted by Gasteiger charge is 2.17. The molecule has 2 amide bonds. The lowest BCUT2D eigenvalue weighted by Crippen LogP contribution is -2.21. The summed E-state index contributed by atoms with van der Waals surface area (Å²) in [5, 5.41) is 7.41. The van der Waals surface area contributed by atoms with E-state index in [0.717, 1.165) is 45.1 Å². The molecule has 0 saturated heterocycles. The lowest BCUT2D eigenvalue weighted by molar-refractivity contribution is 0.262. The Bertz CT molecular complexity index is 946. The molecule has 0 bridgehead atoms. The molecule has 27 heavy (non-hydrogen) atoms. The molecule has 6 heteroatoms. The van der Waals surface area contributed by atoms with Crippen LogP contribution in [0.1, 0.15) is 30.0 Å². The molecule has 4 nitrogen and oxygen atoms in total. The smallest absolute Gasteiger partial charge is 0.307 e. The molecule has 0 fully saturated rings. The number of hydrogen-bond acceptors (Lipinski definition) is 3. The van der Waals surface area contributed by atoms with Gasteiger partial charge in [-0.05, 0) is 37.0 Å². The molecule has 2 N–H and O–H groups in total. The van der Waals surface area contributed by atoms with Crippen LogP contribution in [0.25, 0.3) is 10.4 Å². The minimum absolute atomic E-state index is 0.302. The topological polar surface area (TPSA) is 54.0 Å². The highest BCUT2D eigenvalue weighted by atomic mass is 35.5. The number of carbonyl (C=O) groups excluding carboxylic acids is 1. The van der Waals surface area contributed by atoms with E-state index < -0.39 is 0 Å². The van der Waals surface area contributed by atoms with Crippen molar-refractivity contribution in [3.05, 3.63) is 63.6 Å². The van der Waals surface area contributed by atoms with Gasteiger partial charge in [0.05, 0.1) is 9.88 Å². The standard InChI is InChI=1S/C21H22ClN3OS/c1-4-14-9-8-10-15(5-2)18(14)24-21(26)25-20-19(27-13(3)23-20)16-11-6-7-12-17(16)22/h6-12H,4-5H2,1-3H3,(H2,24,25,26). The molecule has 0 aliphatic carbocycles. The van der Waals surface area contributed by atoms with E-state index in [2.05, 4.69) is 29.5 Å². The number of nitrogens with one attached hydrogen (secondary N) is 2. The van der Waals surface area contributed by atoms with Gasteiger partial charge in [0.2, 0.25) is 0 Å². The Morgan fingerprint density at radius 2 is 1.70 bits per heavy atom. The van der Waals surface area contributed by atoms with E-state index in [-0.39, 0.29) is 6.03 Å². The number of hydrogen-bond donors (Lipinski definition) is 2. The van der Waals surface area contributed by atoms with E-state index in [4.69, 9.17) is 11.6 Å². The van der Waals surface area contributed by atoms with Gasteiger partial charge in [0.25, 0.3) is 0 Å². The van der Waals surface area contributed by atoms with Crippen molar-refractivity contribution in [3.63, 3.8) is 0 Å². The maximum Gasteiger partial charge on any atom is 0.324 e. The summed E-state index contributed by atoms with van der Waals surface area (Å²) in [6.45, 7) is 6.07. The summed E-state index contributed by atoms with van der Waals surface area (Å²) in [6.07, 6.45) is 1.70. The zero-order chi connectivity index (χ0) is 19.4. The van der Waals surface area contributed by atoms with Gasteiger partial charge in [0, 0.05) is 16.3 Å². The minimum atomic E-state index is -0.302. The summed E-state index contributed by atoms with van der Waals surface area (Å²) in [5.41, 5.74) is 3.98. The normalized spacial score (nSPS) is 10.7. The third-order valence-corrected chi connectivity index (χ3v) is 5.66. The zero-order valence-corrected chi connectivity index (χ0v) is 17.2. The van der Waals surface area contributed by atoms with Gasteiger partial charge < -0.3 is 5.32 Å². The number of aryl methyl sites for hydroxylation is 3. The first-order valence-electron chi connectivity index (χ1n) is 8.94. The van der Waals surface area contributed by atoms with Crippen LogP contribution >= 0.6 is 22.9 Å². The molecule has 1 aromatic heterocycles. The van der Waals surface area contributed by atoms with Crippen molar-refractivity contribution in [2.45, 2.75) is 33.6 Å². The molecule has 0 saturated carbocycles. The van der Waals surface area contributed by atoms with E-state index in [1.54, 1.807) is 0 Å². The number of thiazole rings is 1. The summed E-state index contributed by atoms with van der Waals surface area (Å²) < 4.78 is 0. The fourth-order valence-corrected chi connectivity index (χ4v) is 4.20. The Hall–Kier alpha value is -2.37. The summed E-state index contributed by atoms with van der Waals surface area (Å²) in [4.78, 5) is 18.0. The Labute approximate surface area is 168 Å². The molecule has 0 aliphatic heterocycles. The molecule has 1 heterocycles. The van der Waals surface area contributed by atoms with Gasteiger partial charge in [-0.25, -0.2) is 9.78 Å². The van der Waals surface area contributed by atoms with Crippen molar-refractivity contribution in [3.8, 4) is 10.4 Å². The molecule has 0 unspecified atom stereocenters. The van der Waals surface area contributed by atoms with E-state index >= 15 is 0 Å². The maximum atomic E-state index is 12.7. The molecule has 2 aromatic carbocycles. The van der Waals surface area contributed by atoms with Crippen molar-refractivity contribution < 1.29 is 4.79 Å².